The maximum atomic E-state index is 13.1. The van der Waals surface area contributed by atoms with Gasteiger partial charge in [-0.1, -0.05) is 18.2 Å². The Hall–Kier alpha value is -3.44. The fourth-order valence-electron chi connectivity index (χ4n) is 3.97. The summed E-state index contributed by atoms with van der Waals surface area (Å²) in [7, 11) is -3.84. The third kappa shape index (κ3) is 4.83. The van der Waals surface area contributed by atoms with Gasteiger partial charge in [-0.15, -0.1) is 0 Å². The first-order chi connectivity index (χ1) is 15.8. The highest BCUT2D eigenvalue weighted by Gasteiger charge is 2.30. The monoisotopic (exact) mass is 471 g/mol. The van der Waals surface area contributed by atoms with E-state index in [0.717, 1.165) is 4.31 Å². The minimum absolute atomic E-state index is 0.0398. The van der Waals surface area contributed by atoms with Crippen molar-refractivity contribution in [1.82, 2.24) is 9.62 Å². The van der Waals surface area contributed by atoms with Gasteiger partial charge < -0.3 is 20.9 Å². The molecule has 3 N–H and O–H groups in total. The van der Waals surface area contributed by atoms with E-state index in [2.05, 4.69) is 16.0 Å². The predicted molar refractivity (Wildman–Crippen MR) is 123 cm³/mol. The molecule has 0 aromatic heterocycles. The number of hydrogen-bond donors (Lipinski definition) is 3. The van der Waals surface area contributed by atoms with Gasteiger partial charge in [0.15, 0.2) is 0 Å². The first kappa shape index (κ1) is 22.7. The third-order valence-corrected chi connectivity index (χ3v) is 7.39. The van der Waals surface area contributed by atoms with Crippen LogP contribution in [0, 0.1) is 0 Å². The first-order valence-corrected chi connectivity index (χ1v) is 12.0. The van der Waals surface area contributed by atoms with Crippen LogP contribution in [-0.4, -0.2) is 62.7 Å². The molecule has 33 heavy (non-hydrogen) atoms. The maximum absolute atomic E-state index is 13.1. The zero-order valence-corrected chi connectivity index (χ0v) is 18.9. The van der Waals surface area contributed by atoms with Crippen molar-refractivity contribution in [1.29, 1.82) is 0 Å². The van der Waals surface area contributed by atoms with Crippen LogP contribution in [-0.2, 0) is 24.4 Å². The number of amides is 3. The van der Waals surface area contributed by atoms with Crippen LogP contribution in [0.4, 0.5) is 17.1 Å². The van der Waals surface area contributed by atoms with Gasteiger partial charge >= 0.3 is 0 Å². The summed E-state index contributed by atoms with van der Waals surface area (Å²) in [6, 6.07) is 12.9. The zero-order chi connectivity index (χ0) is 23.6. The topological polar surface area (TPSA) is 128 Å². The van der Waals surface area contributed by atoms with Crippen molar-refractivity contribution in [3.63, 3.8) is 0 Å². The molecular formula is C22H25N5O5S. The highest BCUT2D eigenvalue weighted by atomic mass is 32.2. The highest BCUT2D eigenvalue weighted by Crippen LogP contribution is 2.31. The van der Waals surface area contributed by atoms with E-state index in [4.69, 9.17) is 0 Å². The molecule has 1 atom stereocenters. The second-order valence-corrected chi connectivity index (χ2v) is 9.89. The van der Waals surface area contributed by atoms with E-state index in [0.29, 0.717) is 17.1 Å². The van der Waals surface area contributed by atoms with Crippen LogP contribution in [0.1, 0.15) is 13.3 Å². The molecule has 10 nitrogen and oxygen atoms in total. The Morgan fingerprint density at radius 3 is 2.70 bits per heavy atom. The Morgan fingerprint density at radius 1 is 1.12 bits per heavy atom. The molecule has 4 rings (SSSR count). The number of anilines is 3. The van der Waals surface area contributed by atoms with Crippen molar-refractivity contribution in [2.24, 2.45) is 0 Å². The summed E-state index contributed by atoms with van der Waals surface area (Å²) in [6.07, 6.45) is 0.164. The fraction of sp³-hybridized carbons (Fsp3) is 0.318. The average molecular weight is 472 g/mol. The summed E-state index contributed by atoms with van der Waals surface area (Å²) in [4.78, 5) is 38.5. The second-order valence-electron chi connectivity index (χ2n) is 7.95. The number of sulfonamides is 1. The molecule has 1 fully saturated rings. The van der Waals surface area contributed by atoms with Crippen molar-refractivity contribution >= 4 is 44.8 Å². The van der Waals surface area contributed by atoms with Gasteiger partial charge in [0.1, 0.15) is 0 Å². The molecule has 2 aliphatic rings. The van der Waals surface area contributed by atoms with Crippen LogP contribution in [0.15, 0.2) is 53.4 Å². The predicted octanol–water partition coefficient (Wildman–Crippen LogP) is 0.983. The SMILES string of the molecule is C[C@@H]1CC(=O)Nc2ccccc2N1C(=O)CNc1cccc(S(=O)(=O)N2CCNC(=O)C2)c1. The lowest BCUT2D eigenvalue weighted by molar-refractivity contribution is -0.122. The second kappa shape index (κ2) is 9.20. The Bertz CT molecular complexity index is 1200. The molecule has 0 spiro atoms. The van der Waals surface area contributed by atoms with Gasteiger partial charge in [0.2, 0.25) is 27.7 Å². The summed E-state index contributed by atoms with van der Waals surface area (Å²) in [5.41, 5.74) is 1.64. The van der Waals surface area contributed by atoms with Crippen molar-refractivity contribution < 1.29 is 22.8 Å². The lowest BCUT2D eigenvalue weighted by atomic mass is 10.1. The van der Waals surface area contributed by atoms with Gasteiger partial charge in [0.05, 0.1) is 29.4 Å². The third-order valence-electron chi connectivity index (χ3n) is 5.55. The lowest BCUT2D eigenvalue weighted by Gasteiger charge is -2.28. The highest BCUT2D eigenvalue weighted by molar-refractivity contribution is 7.89. The zero-order valence-electron chi connectivity index (χ0n) is 18.1. The van der Waals surface area contributed by atoms with Gasteiger partial charge in [-0.2, -0.15) is 4.31 Å². The molecular weight excluding hydrogens is 446 g/mol. The van der Waals surface area contributed by atoms with Crippen LogP contribution >= 0.6 is 0 Å². The normalized spacial score (nSPS) is 19.2. The van der Waals surface area contributed by atoms with Crippen LogP contribution in [0.5, 0.6) is 0 Å². The molecule has 2 heterocycles. The number of nitrogens with zero attached hydrogens (tertiary/aromatic N) is 2. The Labute approximate surface area is 192 Å². The minimum Gasteiger partial charge on any atom is -0.376 e. The Kier molecular flexibility index (Phi) is 6.34. The van der Waals surface area contributed by atoms with Crippen LogP contribution in [0.3, 0.4) is 0 Å². The van der Waals surface area contributed by atoms with Crippen LogP contribution < -0.4 is 20.9 Å². The number of carbonyl (C=O) groups excluding carboxylic acids is 3. The standard InChI is InChI=1S/C22H25N5O5S/c1-15-11-20(28)25-18-7-2-3-8-19(18)27(15)22(30)13-24-16-5-4-6-17(12-16)33(31,32)26-10-9-23-21(29)14-26/h2-8,12,15,24H,9-11,13-14H2,1H3,(H,23,29)(H,25,28)/t15-/m1/s1. The number of benzene rings is 2. The minimum atomic E-state index is -3.84. The summed E-state index contributed by atoms with van der Waals surface area (Å²) in [5, 5.41) is 8.41. The van der Waals surface area contributed by atoms with Crippen molar-refractivity contribution in [2.45, 2.75) is 24.3 Å². The molecule has 2 aromatic carbocycles. The molecule has 2 aliphatic heterocycles. The molecule has 0 aliphatic carbocycles. The number of fused-ring (bicyclic) bond motifs is 1. The molecule has 0 bridgehead atoms. The number of piperazine rings is 1. The van der Waals surface area contributed by atoms with E-state index in [9.17, 15) is 22.8 Å². The number of para-hydroxylation sites is 2. The molecule has 2 aromatic rings. The Balaban J connectivity index is 1.50. The van der Waals surface area contributed by atoms with E-state index in [1.807, 2.05) is 6.92 Å². The van der Waals surface area contributed by atoms with E-state index in [-0.39, 0.29) is 61.3 Å². The lowest BCUT2D eigenvalue weighted by Crippen LogP contribution is -2.49. The largest absolute Gasteiger partial charge is 0.376 e. The van der Waals surface area contributed by atoms with E-state index >= 15 is 0 Å². The van der Waals surface area contributed by atoms with Crippen molar-refractivity contribution in [2.75, 3.05) is 41.7 Å². The van der Waals surface area contributed by atoms with E-state index in [1.165, 1.54) is 12.1 Å². The van der Waals surface area contributed by atoms with E-state index in [1.54, 1.807) is 41.3 Å². The maximum Gasteiger partial charge on any atom is 0.246 e. The summed E-state index contributed by atoms with van der Waals surface area (Å²) in [5.74, 6) is -0.764. The molecule has 11 heteroatoms. The van der Waals surface area contributed by atoms with Crippen LogP contribution in [0.2, 0.25) is 0 Å². The number of hydrogen-bond acceptors (Lipinski definition) is 6. The van der Waals surface area contributed by atoms with Gasteiger partial charge in [0, 0.05) is 31.2 Å². The van der Waals surface area contributed by atoms with Gasteiger partial charge in [-0.05, 0) is 37.3 Å². The number of carbonyl (C=O) groups is 3. The van der Waals surface area contributed by atoms with Gasteiger partial charge in [0.25, 0.3) is 0 Å². The quantitative estimate of drug-likeness (QED) is 0.597. The van der Waals surface area contributed by atoms with Crippen molar-refractivity contribution in [3.05, 3.63) is 48.5 Å². The molecule has 0 saturated carbocycles. The Morgan fingerprint density at radius 2 is 1.91 bits per heavy atom. The summed E-state index contributed by atoms with van der Waals surface area (Å²) in [6.45, 7) is 1.95. The average Bonchev–Trinajstić information content (AvgIpc) is 2.91. The molecule has 174 valence electrons. The van der Waals surface area contributed by atoms with Crippen molar-refractivity contribution in [3.8, 4) is 0 Å². The molecule has 1 saturated heterocycles. The smallest absolute Gasteiger partial charge is 0.246 e. The first-order valence-electron chi connectivity index (χ1n) is 10.6. The number of rotatable bonds is 5. The fourth-order valence-corrected chi connectivity index (χ4v) is 5.41. The molecule has 0 unspecified atom stereocenters. The number of nitrogens with one attached hydrogen (secondary N) is 3. The van der Waals surface area contributed by atoms with Crippen LogP contribution in [0.25, 0.3) is 0 Å². The molecule has 0 radical (unpaired) electrons. The summed E-state index contributed by atoms with van der Waals surface area (Å²) >= 11 is 0. The summed E-state index contributed by atoms with van der Waals surface area (Å²) < 4.78 is 27.0. The van der Waals surface area contributed by atoms with Gasteiger partial charge in [-0.3, -0.25) is 14.4 Å². The molecule has 3 amide bonds. The van der Waals surface area contributed by atoms with Gasteiger partial charge in [-0.25, -0.2) is 8.42 Å². The van der Waals surface area contributed by atoms with E-state index < -0.39 is 10.0 Å².